The van der Waals surface area contributed by atoms with Crippen LogP contribution in [0.3, 0.4) is 0 Å². The molecule has 2 N–H and O–H groups in total. The number of rotatable bonds is 5. The molecule has 2 atom stereocenters. The van der Waals surface area contributed by atoms with E-state index in [1.165, 1.54) is 12.0 Å². The van der Waals surface area contributed by atoms with E-state index in [9.17, 15) is 0 Å². The highest BCUT2D eigenvalue weighted by molar-refractivity contribution is 7.99. The summed E-state index contributed by atoms with van der Waals surface area (Å²) in [5, 5.41) is 0.689. The molecule has 3 heteroatoms. The summed E-state index contributed by atoms with van der Waals surface area (Å²) in [4.78, 5) is 4.16. The lowest BCUT2D eigenvalue weighted by molar-refractivity contribution is 0.813. The first kappa shape index (κ1) is 12.5. The molecule has 0 fully saturated rings. The summed E-state index contributed by atoms with van der Waals surface area (Å²) in [5.41, 5.74) is 8.43. The summed E-state index contributed by atoms with van der Waals surface area (Å²) in [5.74, 6) is 0.972. The number of pyridine rings is 1. The van der Waals surface area contributed by atoms with Crippen molar-refractivity contribution in [2.75, 3.05) is 5.75 Å². The summed E-state index contributed by atoms with van der Waals surface area (Å²) in [6.45, 7) is 6.49. The van der Waals surface area contributed by atoms with Crippen LogP contribution >= 0.6 is 11.8 Å². The number of thioether (sulfide) groups is 1. The van der Waals surface area contributed by atoms with Crippen LogP contribution in [0.4, 0.5) is 0 Å². The van der Waals surface area contributed by atoms with Crippen LogP contribution in [0.1, 0.15) is 37.4 Å². The summed E-state index contributed by atoms with van der Waals surface area (Å²) in [6.07, 6.45) is 4.93. The third-order valence-corrected chi connectivity index (χ3v) is 3.91. The van der Waals surface area contributed by atoms with Crippen LogP contribution in [-0.2, 0) is 0 Å². The van der Waals surface area contributed by atoms with E-state index in [1.807, 2.05) is 31.1 Å². The van der Waals surface area contributed by atoms with Gasteiger partial charge in [-0.3, -0.25) is 4.98 Å². The number of hydrogen-bond donors (Lipinski definition) is 1. The highest BCUT2D eigenvalue weighted by Crippen LogP contribution is 2.20. The predicted octanol–water partition coefficient (Wildman–Crippen LogP) is 2.92. The molecule has 0 amide bonds. The van der Waals surface area contributed by atoms with Crippen molar-refractivity contribution >= 4 is 11.8 Å². The molecule has 1 heterocycles. The van der Waals surface area contributed by atoms with Crippen molar-refractivity contribution in [2.24, 2.45) is 5.73 Å². The number of aromatic nitrogens is 1. The topological polar surface area (TPSA) is 38.9 Å². The number of hydrogen-bond acceptors (Lipinski definition) is 3. The molecule has 0 aliphatic carbocycles. The minimum absolute atomic E-state index is 0.108. The smallest absolute Gasteiger partial charge is 0.0402 e. The van der Waals surface area contributed by atoms with Crippen LogP contribution in [0.15, 0.2) is 18.5 Å². The first-order valence-electron chi connectivity index (χ1n) is 5.42. The second kappa shape index (κ2) is 6.13. The average Bonchev–Trinajstić information content (AvgIpc) is 2.25. The third-order valence-electron chi connectivity index (χ3n) is 2.46. The van der Waals surface area contributed by atoms with E-state index in [1.54, 1.807) is 0 Å². The molecule has 0 aromatic carbocycles. The standard InChI is InChI=1S/C12H20N2S/c1-4-10(3)15-8-12(13)11-5-9(2)6-14-7-11/h5-7,10,12H,4,8,13H2,1-3H3. The highest BCUT2D eigenvalue weighted by atomic mass is 32.2. The van der Waals surface area contributed by atoms with E-state index in [2.05, 4.69) is 24.9 Å². The van der Waals surface area contributed by atoms with E-state index in [-0.39, 0.29) is 6.04 Å². The maximum Gasteiger partial charge on any atom is 0.0402 e. The van der Waals surface area contributed by atoms with Gasteiger partial charge in [-0.05, 0) is 24.5 Å². The van der Waals surface area contributed by atoms with Crippen LogP contribution in [-0.4, -0.2) is 16.0 Å². The van der Waals surface area contributed by atoms with Gasteiger partial charge in [0.15, 0.2) is 0 Å². The van der Waals surface area contributed by atoms with Gasteiger partial charge in [-0.1, -0.05) is 19.9 Å². The fourth-order valence-corrected chi connectivity index (χ4v) is 2.23. The Morgan fingerprint density at radius 1 is 1.47 bits per heavy atom. The average molecular weight is 224 g/mol. The lowest BCUT2D eigenvalue weighted by atomic mass is 10.1. The molecule has 0 saturated carbocycles. The molecule has 2 nitrogen and oxygen atoms in total. The van der Waals surface area contributed by atoms with E-state index >= 15 is 0 Å². The molecule has 15 heavy (non-hydrogen) atoms. The summed E-state index contributed by atoms with van der Waals surface area (Å²) in [7, 11) is 0. The molecule has 0 bridgehead atoms. The first-order chi connectivity index (χ1) is 7.13. The van der Waals surface area contributed by atoms with Gasteiger partial charge < -0.3 is 5.73 Å². The highest BCUT2D eigenvalue weighted by Gasteiger charge is 2.08. The molecular weight excluding hydrogens is 204 g/mol. The van der Waals surface area contributed by atoms with Crippen LogP contribution in [0, 0.1) is 6.92 Å². The Balaban J connectivity index is 2.50. The SMILES string of the molecule is CCC(C)SCC(N)c1cncc(C)c1. The molecule has 0 aliphatic rings. The Labute approximate surface area is 96.7 Å². The zero-order valence-electron chi connectivity index (χ0n) is 9.73. The van der Waals surface area contributed by atoms with Gasteiger partial charge in [0.05, 0.1) is 0 Å². The lowest BCUT2D eigenvalue weighted by Crippen LogP contribution is -2.15. The molecular formula is C12H20N2S. The Kier molecular flexibility index (Phi) is 5.12. The van der Waals surface area contributed by atoms with Crippen molar-refractivity contribution in [2.45, 2.75) is 38.5 Å². The Hall–Kier alpha value is -0.540. The molecule has 0 spiro atoms. The van der Waals surface area contributed by atoms with Crippen molar-refractivity contribution < 1.29 is 0 Å². The summed E-state index contributed by atoms with van der Waals surface area (Å²) in [6, 6.07) is 2.23. The summed E-state index contributed by atoms with van der Waals surface area (Å²) >= 11 is 1.93. The molecule has 0 aliphatic heterocycles. The van der Waals surface area contributed by atoms with Crippen molar-refractivity contribution in [1.29, 1.82) is 0 Å². The van der Waals surface area contributed by atoms with E-state index in [0.29, 0.717) is 5.25 Å². The van der Waals surface area contributed by atoms with Gasteiger partial charge in [0.1, 0.15) is 0 Å². The Morgan fingerprint density at radius 3 is 2.80 bits per heavy atom. The van der Waals surface area contributed by atoms with Gasteiger partial charge in [0.25, 0.3) is 0 Å². The van der Waals surface area contributed by atoms with Gasteiger partial charge in [-0.25, -0.2) is 0 Å². The minimum Gasteiger partial charge on any atom is -0.323 e. The van der Waals surface area contributed by atoms with Crippen LogP contribution in [0.5, 0.6) is 0 Å². The molecule has 2 unspecified atom stereocenters. The fraction of sp³-hybridized carbons (Fsp3) is 0.583. The fourth-order valence-electron chi connectivity index (χ4n) is 1.26. The van der Waals surface area contributed by atoms with Crippen LogP contribution in [0.25, 0.3) is 0 Å². The molecule has 1 aromatic heterocycles. The zero-order chi connectivity index (χ0) is 11.3. The zero-order valence-corrected chi connectivity index (χ0v) is 10.6. The minimum atomic E-state index is 0.108. The van der Waals surface area contributed by atoms with E-state index in [0.717, 1.165) is 11.3 Å². The van der Waals surface area contributed by atoms with E-state index in [4.69, 9.17) is 5.73 Å². The van der Waals surface area contributed by atoms with Gasteiger partial charge in [-0.15, -0.1) is 0 Å². The monoisotopic (exact) mass is 224 g/mol. The van der Waals surface area contributed by atoms with Crippen molar-refractivity contribution in [3.8, 4) is 0 Å². The van der Waals surface area contributed by atoms with Crippen molar-refractivity contribution in [1.82, 2.24) is 4.98 Å². The maximum atomic E-state index is 6.11. The molecule has 1 aromatic rings. The maximum absolute atomic E-state index is 6.11. The van der Waals surface area contributed by atoms with Gasteiger partial charge in [-0.2, -0.15) is 11.8 Å². The predicted molar refractivity (Wildman–Crippen MR) is 68.1 cm³/mol. The quantitative estimate of drug-likeness (QED) is 0.836. The van der Waals surface area contributed by atoms with Gasteiger partial charge >= 0.3 is 0 Å². The summed E-state index contributed by atoms with van der Waals surface area (Å²) < 4.78 is 0. The van der Waals surface area contributed by atoms with Crippen molar-refractivity contribution in [3.05, 3.63) is 29.6 Å². The van der Waals surface area contributed by atoms with Crippen LogP contribution < -0.4 is 5.73 Å². The largest absolute Gasteiger partial charge is 0.323 e. The number of aryl methyl sites for hydroxylation is 1. The van der Waals surface area contributed by atoms with Gasteiger partial charge in [0, 0.05) is 29.4 Å². The molecule has 84 valence electrons. The second-order valence-corrected chi connectivity index (χ2v) is 5.43. The van der Waals surface area contributed by atoms with Gasteiger partial charge in [0.2, 0.25) is 0 Å². The first-order valence-corrected chi connectivity index (χ1v) is 6.47. The molecule has 0 radical (unpaired) electrons. The Morgan fingerprint density at radius 2 is 2.20 bits per heavy atom. The Bertz CT molecular complexity index is 301. The molecule has 0 saturated heterocycles. The third kappa shape index (κ3) is 4.22. The van der Waals surface area contributed by atoms with Crippen LogP contribution in [0.2, 0.25) is 0 Å². The normalized spacial score (nSPS) is 14.9. The second-order valence-electron chi connectivity index (χ2n) is 3.95. The van der Waals surface area contributed by atoms with E-state index < -0.39 is 0 Å². The number of nitrogens with zero attached hydrogens (tertiary/aromatic N) is 1. The lowest BCUT2D eigenvalue weighted by Gasteiger charge is -2.14. The number of nitrogens with two attached hydrogens (primary N) is 1. The molecule has 1 rings (SSSR count). The van der Waals surface area contributed by atoms with Crippen molar-refractivity contribution in [3.63, 3.8) is 0 Å².